The fourth-order valence-corrected chi connectivity index (χ4v) is 2.52. The van der Waals surface area contributed by atoms with Crippen molar-refractivity contribution in [2.24, 2.45) is 4.99 Å². The predicted octanol–water partition coefficient (Wildman–Crippen LogP) is 3.22. The smallest absolute Gasteiger partial charge is 0.191 e. The van der Waals surface area contributed by atoms with Gasteiger partial charge in [0.25, 0.3) is 0 Å². The van der Waals surface area contributed by atoms with E-state index < -0.39 is 0 Å². The summed E-state index contributed by atoms with van der Waals surface area (Å²) >= 11 is 6.17. The first-order chi connectivity index (χ1) is 11.7. The van der Waals surface area contributed by atoms with Gasteiger partial charge in [-0.1, -0.05) is 41.9 Å². The molecule has 0 fully saturated rings. The molecular formula is C18H22ClN3O2. The molecule has 0 bridgehead atoms. The number of halogens is 1. The lowest BCUT2D eigenvalue weighted by Gasteiger charge is -2.15. The van der Waals surface area contributed by atoms with Crippen LogP contribution >= 0.6 is 11.6 Å². The molecule has 0 atom stereocenters. The molecule has 2 N–H and O–H groups in total. The van der Waals surface area contributed by atoms with Crippen LogP contribution < -0.4 is 20.1 Å². The molecule has 2 rings (SSSR count). The van der Waals surface area contributed by atoms with Gasteiger partial charge in [0, 0.05) is 30.7 Å². The third-order valence-corrected chi connectivity index (χ3v) is 3.93. The highest BCUT2D eigenvalue weighted by Gasteiger charge is 2.10. The summed E-state index contributed by atoms with van der Waals surface area (Å²) < 4.78 is 10.8. The van der Waals surface area contributed by atoms with Gasteiger partial charge in [-0.15, -0.1) is 0 Å². The van der Waals surface area contributed by atoms with Gasteiger partial charge >= 0.3 is 0 Å². The summed E-state index contributed by atoms with van der Waals surface area (Å²) in [5, 5.41) is 7.24. The second kappa shape index (κ2) is 9.03. The van der Waals surface area contributed by atoms with E-state index in [1.807, 2.05) is 42.5 Å². The van der Waals surface area contributed by atoms with Crippen molar-refractivity contribution in [1.29, 1.82) is 0 Å². The van der Waals surface area contributed by atoms with Crippen LogP contribution in [0, 0.1) is 0 Å². The van der Waals surface area contributed by atoms with Crippen LogP contribution in [0.1, 0.15) is 11.1 Å². The maximum Gasteiger partial charge on any atom is 0.191 e. The highest BCUT2D eigenvalue weighted by atomic mass is 35.5. The lowest BCUT2D eigenvalue weighted by Crippen LogP contribution is -2.36. The molecule has 0 saturated carbocycles. The van der Waals surface area contributed by atoms with Gasteiger partial charge in [-0.3, -0.25) is 4.99 Å². The lowest BCUT2D eigenvalue weighted by molar-refractivity contribution is 0.351. The molecule has 0 radical (unpaired) electrons. The molecule has 128 valence electrons. The molecule has 0 saturated heterocycles. The van der Waals surface area contributed by atoms with Crippen LogP contribution in [0.3, 0.4) is 0 Å². The third kappa shape index (κ3) is 4.55. The van der Waals surface area contributed by atoms with Crippen LogP contribution in [0.25, 0.3) is 0 Å². The molecule has 0 unspecified atom stereocenters. The summed E-state index contributed by atoms with van der Waals surface area (Å²) in [5.41, 5.74) is 2.00. The normalized spacial score (nSPS) is 11.1. The van der Waals surface area contributed by atoms with Crippen LogP contribution in [0.2, 0.25) is 5.02 Å². The van der Waals surface area contributed by atoms with Crippen molar-refractivity contribution in [3.05, 3.63) is 58.6 Å². The van der Waals surface area contributed by atoms with E-state index >= 15 is 0 Å². The van der Waals surface area contributed by atoms with Gasteiger partial charge in [0.2, 0.25) is 0 Å². The first kappa shape index (κ1) is 17.9. The van der Waals surface area contributed by atoms with Gasteiger partial charge in [0.15, 0.2) is 17.5 Å². The molecule has 5 nitrogen and oxygen atoms in total. The van der Waals surface area contributed by atoms with Crippen molar-refractivity contribution in [3.8, 4) is 11.5 Å². The molecule has 0 heterocycles. The Morgan fingerprint density at radius 3 is 2.25 bits per heavy atom. The van der Waals surface area contributed by atoms with Gasteiger partial charge in [-0.2, -0.15) is 0 Å². The number of rotatable bonds is 6. The number of nitrogens with zero attached hydrogens (tertiary/aromatic N) is 1. The SMILES string of the molecule is CN=C(NCc1ccccc1Cl)NCc1cccc(OC)c1OC. The van der Waals surface area contributed by atoms with Gasteiger partial charge in [-0.05, 0) is 17.7 Å². The molecule has 2 aromatic carbocycles. The number of nitrogens with one attached hydrogen (secondary N) is 2. The first-order valence-electron chi connectivity index (χ1n) is 7.57. The quantitative estimate of drug-likeness (QED) is 0.622. The summed E-state index contributed by atoms with van der Waals surface area (Å²) in [6.45, 7) is 1.15. The summed E-state index contributed by atoms with van der Waals surface area (Å²) in [7, 11) is 4.98. The molecule has 0 amide bonds. The summed E-state index contributed by atoms with van der Waals surface area (Å²) in [6, 6.07) is 13.5. The fourth-order valence-electron chi connectivity index (χ4n) is 2.31. The highest BCUT2D eigenvalue weighted by Crippen LogP contribution is 2.30. The monoisotopic (exact) mass is 347 g/mol. The number of benzene rings is 2. The van der Waals surface area contributed by atoms with E-state index in [1.54, 1.807) is 21.3 Å². The predicted molar refractivity (Wildman–Crippen MR) is 98.0 cm³/mol. The van der Waals surface area contributed by atoms with Crippen LogP contribution in [0.15, 0.2) is 47.5 Å². The summed E-state index contributed by atoms with van der Waals surface area (Å²) in [5.74, 6) is 2.10. The molecule has 0 spiro atoms. The Hall–Kier alpha value is -2.40. The first-order valence-corrected chi connectivity index (χ1v) is 7.95. The minimum atomic E-state index is 0.558. The van der Waals surface area contributed by atoms with Crippen LogP contribution in [0.4, 0.5) is 0 Å². The van der Waals surface area contributed by atoms with E-state index in [0.29, 0.717) is 30.5 Å². The van der Waals surface area contributed by atoms with E-state index in [1.165, 1.54) is 0 Å². The Morgan fingerprint density at radius 1 is 0.958 bits per heavy atom. The second-order valence-electron chi connectivity index (χ2n) is 5.02. The maximum atomic E-state index is 6.17. The maximum absolute atomic E-state index is 6.17. The molecule has 24 heavy (non-hydrogen) atoms. The molecule has 2 aromatic rings. The van der Waals surface area contributed by atoms with Crippen molar-refractivity contribution in [2.75, 3.05) is 21.3 Å². The van der Waals surface area contributed by atoms with Crippen LogP contribution in [-0.4, -0.2) is 27.2 Å². The number of methoxy groups -OCH3 is 2. The standard InChI is InChI=1S/C18H22ClN3O2/c1-20-18(21-11-13-7-4-5-9-15(13)19)22-12-14-8-6-10-16(23-2)17(14)24-3/h4-10H,11-12H2,1-3H3,(H2,20,21,22). The Kier molecular flexibility index (Phi) is 6.75. The number of para-hydroxylation sites is 1. The van der Waals surface area contributed by atoms with Crippen molar-refractivity contribution in [2.45, 2.75) is 13.1 Å². The van der Waals surface area contributed by atoms with E-state index in [0.717, 1.165) is 16.1 Å². The van der Waals surface area contributed by atoms with E-state index in [-0.39, 0.29) is 0 Å². The van der Waals surface area contributed by atoms with Crippen LogP contribution in [0.5, 0.6) is 11.5 Å². The van der Waals surface area contributed by atoms with Crippen molar-refractivity contribution in [3.63, 3.8) is 0 Å². The zero-order valence-corrected chi connectivity index (χ0v) is 14.9. The Morgan fingerprint density at radius 2 is 1.62 bits per heavy atom. The summed E-state index contributed by atoms with van der Waals surface area (Å²) in [4.78, 5) is 4.23. The minimum Gasteiger partial charge on any atom is -0.493 e. The van der Waals surface area contributed by atoms with Crippen LogP contribution in [-0.2, 0) is 13.1 Å². The number of guanidine groups is 1. The molecular weight excluding hydrogens is 326 g/mol. The number of aliphatic imine (C=N–C) groups is 1. The van der Waals surface area contributed by atoms with Crippen molar-refractivity contribution in [1.82, 2.24) is 10.6 Å². The minimum absolute atomic E-state index is 0.558. The van der Waals surface area contributed by atoms with E-state index in [9.17, 15) is 0 Å². The van der Waals surface area contributed by atoms with Gasteiger partial charge in [0.1, 0.15) is 0 Å². The zero-order valence-electron chi connectivity index (χ0n) is 14.1. The zero-order chi connectivity index (χ0) is 17.4. The Balaban J connectivity index is 1.98. The third-order valence-electron chi connectivity index (χ3n) is 3.56. The largest absolute Gasteiger partial charge is 0.493 e. The fraction of sp³-hybridized carbons (Fsp3) is 0.278. The molecule has 0 aromatic heterocycles. The molecule has 0 aliphatic carbocycles. The van der Waals surface area contributed by atoms with Crippen molar-refractivity contribution < 1.29 is 9.47 Å². The van der Waals surface area contributed by atoms with Gasteiger partial charge in [-0.25, -0.2) is 0 Å². The molecule has 0 aliphatic rings. The second-order valence-corrected chi connectivity index (χ2v) is 5.43. The number of hydrogen-bond donors (Lipinski definition) is 2. The number of ether oxygens (including phenoxy) is 2. The average Bonchev–Trinajstić information content (AvgIpc) is 2.62. The van der Waals surface area contributed by atoms with E-state index in [4.69, 9.17) is 21.1 Å². The van der Waals surface area contributed by atoms with E-state index in [2.05, 4.69) is 15.6 Å². The summed E-state index contributed by atoms with van der Waals surface area (Å²) in [6.07, 6.45) is 0. The Bertz CT molecular complexity index is 704. The van der Waals surface area contributed by atoms with Gasteiger partial charge < -0.3 is 20.1 Å². The van der Waals surface area contributed by atoms with Crippen molar-refractivity contribution >= 4 is 17.6 Å². The van der Waals surface area contributed by atoms with Gasteiger partial charge in [0.05, 0.1) is 14.2 Å². The lowest BCUT2D eigenvalue weighted by atomic mass is 10.2. The molecule has 6 heteroatoms. The highest BCUT2D eigenvalue weighted by molar-refractivity contribution is 6.31. The number of hydrogen-bond acceptors (Lipinski definition) is 3. The molecule has 0 aliphatic heterocycles. The average molecular weight is 348 g/mol. The Labute approximate surface area is 147 Å². The topological polar surface area (TPSA) is 54.9 Å².